The van der Waals surface area contributed by atoms with Crippen LogP contribution in [0.5, 0.6) is 11.5 Å². The first-order valence-corrected chi connectivity index (χ1v) is 10.0. The summed E-state index contributed by atoms with van der Waals surface area (Å²) in [6.45, 7) is 6.20. The number of rotatable bonds is 12. The number of hydrogen-bond donors (Lipinski definition) is 2. The topological polar surface area (TPSA) is 54.0 Å². The normalized spacial score (nSPS) is 12.4. The molecule has 0 radical (unpaired) electrons. The Labute approximate surface area is 173 Å². The molecule has 2 aromatic rings. The molecule has 0 spiro atoms. The van der Waals surface area contributed by atoms with Crippen LogP contribution in [-0.4, -0.2) is 56.0 Å². The highest BCUT2D eigenvalue weighted by Gasteiger charge is 2.13. The van der Waals surface area contributed by atoms with E-state index in [-0.39, 0.29) is 12.4 Å². The summed E-state index contributed by atoms with van der Waals surface area (Å²) in [4.78, 5) is 2.07. The zero-order valence-electron chi connectivity index (χ0n) is 17.8. The molecule has 0 aliphatic carbocycles. The van der Waals surface area contributed by atoms with Crippen LogP contribution >= 0.6 is 0 Å². The monoisotopic (exact) mass is 404 g/mol. The smallest absolute Gasteiger partial charge is 0.161 e. The van der Waals surface area contributed by atoms with Gasteiger partial charge < -0.3 is 24.8 Å². The predicted octanol–water partition coefficient (Wildman–Crippen LogP) is 3.25. The Kier molecular flexibility index (Phi) is 9.38. The van der Waals surface area contributed by atoms with Crippen LogP contribution in [0.3, 0.4) is 0 Å². The van der Waals surface area contributed by atoms with Crippen molar-refractivity contribution in [3.05, 3.63) is 59.4 Å². The van der Waals surface area contributed by atoms with Gasteiger partial charge >= 0.3 is 0 Å². The standard InChI is InChI=1S/C23H33FN2O3/c1-17(2)26(3)15-20(27)16-29-23-13-18(9-10-22(23)28-4)14-25-12-11-19-7-5-6-8-21(19)24/h5-10,13,17,20,25,27H,11-12,14-16H2,1-4H3. The third-order valence-electron chi connectivity index (χ3n) is 4.90. The Morgan fingerprint density at radius 3 is 2.59 bits per heavy atom. The van der Waals surface area contributed by atoms with E-state index in [4.69, 9.17) is 9.47 Å². The number of aliphatic hydroxyl groups is 1. The fourth-order valence-electron chi connectivity index (χ4n) is 2.88. The number of nitrogens with zero attached hydrogens (tertiary/aromatic N) is 1. The van der Waals surface area contributed by atoms with Crippen molar-refractivity contribution in [2.45, 2.75) is 39.0 Å². The summed E-state index contributed by atoms with van der Waals surface area (Å²) in [6, 6.07) is 12.9. The van der Waals surface area contributed by atoms with E-state index in [1.165, 1.54) is 6.07 Å². The van der Waals surface area contributed by atoms with Gasteiger partial charge in [0, 0.05) is 19.1 Å². The Bertz CT molecular complexity index is 755. The molecule has 0 aliphatic heterocycles. The molecule has 2 N–H and O–H groups in total. The van der Waals surface area contributed by atoms with Gasteiger partial charge in [-0.25, -0.2) is 4.39 Å². The van der Waals surface area contributed by atoms with Crippen LogP contribution in [0.1, 0.15) is 25.0 Å². The van der Waals surface area contributed by atoms with E-state index >= 15 is 0 Å². The van der Waals surface area contributed by atoms with Gasteiger partial charge in [0.1, 0.15) is 18.5 Å². The van der Waals surface area contributed by atoms with Gasteiger partial charge in [0.05, 0.1) is 7.11 Å². The highest BCUT2D eigenvalue weighted by Crippen LogP contribution is 2.28. The molecule has 0 aromatic heterocycles. The zero-order valence-corrected chi connectivity index (χ0v) is 17.8. The molecule has 5 nitrogen and oxygen atoms in total. The second kappa shape index (κ2) is 11.8. The molecule has 2 aromatic carbocycles. The van der Waals surface area contributed by atoms with E-state index < -0.39 is 6.10 Å². The molecule has 160 valence electrons. The van der Waals surface area contributed by atoms with Gasteiger partial charge in [0.15, 0.2) is 11.5 Å². The molecular weight excluding hydrogens is 371 g/mol. The first-order chi connectivity index (χ1) is 13.9. The van der Waals surface area contributed by atoms with Gasteiger partial charge in [0.2, 0.25) is 0 Å². The zero-order chi connectivity index (χ0) is 21.2. The third-order valence-corrected chi connectivity index (χ3v) is 4.90. The molecule has 1 unspecified atom stereocenters. The minimum Gasteiger partial charge on any atom is -0.493 e. The largest absolute Gasteiger partial charge is 0.493 e. The Morgan fingerprint density at radius 2 is 1.90 bits per heavy atom. The lowest BCUT2D eigenvalue weighted by Gasteiger charge is -2.24. The molecule has 0 saturated carbocycles. The van der Waals surface area contributed by atoms with Gasteiger partial charge in [-0.1, -0.05) is 24.3 Å². The molecule has 0 saturated heterocycles. The first-order valence-electron chi connectivity index (χ1n) is 10.0. The fourth-order valence-corrected chi connectivity index (χ4v) is 2.88. The SMILES string of the molecule is COc1ccc(CNCCc2ccccc2F)cc1OCC(O)CN(C)C(C)C. The third kappa shape index (κ3) is 7.65. The number of benzene rings is 2. The summed E-state index contributed by atoms with van der Waals surface area (Å²) in [6.07, 6.45) is 0.0385. The maximum absolute atomic E-state index is 13.7. The van der Waals surface area contributed by atoms with Gasteiger partial charge in [-0.15, -0.1) is 0 Å². The lowest BCUT2D eigenvalue weighted by molar-refractivity contribution is 0.0668. The van der Waals surface area contributed by atoms with E-state index in [0.717, 1.165) is 5.56 Å². The van der Waals surface area contributed by atoms with Gasteiger partial charge in [-0.3, -0.25) is 0 Å². The lowest BCUT2D eigenvalue weighted by atomic mass is 10.1. The molecule has 29 heavy (non-hydrogen) atoms. The second-order valence-electron chi connectivity index (χ2n) is 7.50. The molecule has 6 heteroatoms. The minimum atomic E-state index is -0.588. The molecule has 2 rings (SSSR count). The summed E-state index contributed by atoms with van der Waals surface area (Å²) in [5.41, 5.74) is 1.74. The van der Waals surface area contributed by atoms with Crippen molar-refractivity contribution < 1.29 is 19.0 Å². The van der Waals surface area contributed by atoms with Crippen molar-refractivity contribution >= 4 is 0 Å². The van der Waals surface area contributed by atoms with E-state index in [1.807, 2.05) is 31.3 Å². The molecule has 0 aliphatic rings. The fraction of sp³-hybridized carbons (Fsp3) is 0.478. The molecule has 0 fully saturated rings. The predicted molar refractivity (Wildman–Crippen MR) is 114 cm³/mol. The molecular formula is C23H33FN2O3. The van der Waals surface area contributed by atoms with E-state index in [9.17, 15) is 9.50 Å². The van der Waals surface area contributed by atoms with Gasteiger partial charge in [0.25, 0.3) is 0 Å². The molecule has 0 amide bonds. The lowest BCUT2D eigenvalue weighted by Crippen LogP contribution is -2.37. The van der Waals surface area contributed by atoms with E-state index in [2.05, 4.69) is 24.1 Å². The summed E-state index contributed by atoms with van der Waals surface area (Å²) < 4.78 is 24.9. The number of aliphatic hydroxyl groups excluding tert-OH is 1. The van der Waals surface area contributed by atoms with Crippen LogP contribution in [0.2, 0.25) is 0 Å². The Balaban J connectivity index is 1.86. The summed E-state index contributed by atoms with van der Waals surface area (Å²) in [5, 5.41) is 13.5. The summed E-state index contributed by atoms with van der Waals surface area (Å²) >= 11 is 0. The van der Waals surface area contributed by atoms with Gasteiger partial charge in [-0.2, -0.15) is 0 Å². The highest BCUT2D eigenvalue weighted by molar-refractivity contribution is 5.43. The van der Waals surface area contributed by atoms with E-state index in [1.54, 1.807) is 19.2 Å². The van der Waals surface area contributed by atoms with Crippen LogP contribution in [0.4, 0.5) is 4.39 Å². The van der Waals surface area contributed by atoms with Crippen LogP contribution in [0.15, 0.2) is 42.5 Å². The summed E-state index contributed by atoms with van der Waals surface area (Å²) in [5.74, 6) is 1.06. The Morgan fingerprint density at radius 1 is 1.14 bits per heavy atom. The van der Waals surface area contributed by atoms with Crippen molar-refractivity contribution in [2.24, 2.45) is 0 Å². The second-order valence-corrected chi connectivity index (χ2v) is 7.50. The molecule has 1 atom stereocenters. The van der Waals surface area contributed by atoms with Crippen LogP contribution in [0.25, 0.3) is 0 Å². The number of nitrogens with one attached hydrogen (secondary N) is 1. The number of hydrogen-bond acceptors (Lipinski definition) is 5. The maximum Gasteiger partial charge on any atom is 0.161 e. The van der Waals surface area contributed by atoms with Crippen LogP contribution in [0, 0.1) is 5.82 Å². The highest BCUT2D eigenvalue weighted by atomic mass is 19.1. The first kappa shape index (κ1) is 23.1. The van der Waals surface area contributed by atoms with Crippen molar-refractivity contribution in [1.82, 2.24) is 10.2 Å². The summed E-state index contributed by atoms with van der Waals surface area (Å²) in [7, 11) is 3.57. The number of methoxy groups -OCH3 is 1. The molecule has 0 heterocycles. The van der Waals surface area contributed by atoms with Crippen molar-refractivity contribution in [1.29, 1.82) is 0 Å². The number of halogens is 1. The minimum absolute atomic E-state index is 0.170. The molecule has 0 bridgehead atoms. The Hall–Kier alpha value is -2.15. The van der Waals surface area contributed by atoms with Crippen molar-refractivity contribution in [3.63, 3.8) is 0 Å². The number of likely N-dealkylation sites (N-methyl/N-ethyl adjacent to an activating group) is 1. The maximum atomic E-state index is 13.7. The average Bonchev–Trinajstić information content (AvgIpc) is 2.70. The van der Waals surface area contributed by atoms with E-state index in [0.29, 0.717) is 49.2 Å². The van der Waals surface area contributed by atoms with Gasteiger partial charge in [-0.05, 0) is 63.2 Å². The van der Waals surface area contributed by atoms with Crippen molar-refractivity contribution in [2.75, 3.05) is 33.9 Å². The van der Waals surface area contributed by atoms with Crippen molar-refractivity contribution in [3.8, 4) is 11.5 Å². The quantitative estimate of drug-likeness (QED) is 0.532. The van der Waals surface area contributed by atoms with Crippen LogP contribution < -0.4 is 14.8 Å². The average molecular weight is 405 g/mol. The van der Waals surface area contributed by atoms with Crippen LogP contribution in [-0.2, 0) is 13.0 Å². The number of ether oxygens (including phenoxy) is 2.